The number of hydrogen-bond donors (Lipinski definition) is 0. The van der Waals surface area contributed by atoms with E-state index < -0.39 is 12.3 Å². The summed E-state index contributed by atoms with van der Waals surface area (Å²) in [4.78, 5) is 4.03. The maximum absolute atomic E-state index is 12.1. The third kappa shape index (κ3) is 1.63. The van der Waals surface area contributed by atoms with Gasteiger partial charge in [-0.1, -0.05) is 0 Å². The minimum Gasteiger partial charge on any atom is -0.414 e. The Hall–Kier alpha value is -1.37. The van der Waals surface area contributed by atoms with Gasteiger partial charge in [0.15, 0.2) is 0 Å². The summed E-state index contributed by atoms with van der Waals surface area (Å²) in [5, 5.41) is 9.16. The summed E-state index contributed by atoms with van der Waals surface area (Å²) in [6.45, 7) is 1.80. The molecule has 0 aliphatic rings. The van der Waals surface area contributed by atoms with Gasteiger partial charge in [-0.3, -0.25) is 0 Å². The van der Waals surface area contributed by atoms with Crippen LogP contribution in [0.25, 0.3) is 11.6 Å². The lowest BCUT2D eigenvalue weighted by molar-refractivity contribution is 0.116. The van der Waals surface area contributed by atoms with Crippen molar-refractivity contribution < 1.29 is 13.2 Å². The molecule has 74 valence electrons. The molecule has 2 heterocycles. The van der Waals surface area contributed by atoms with Gasteiger partial charge in [0.05, 0.1) is 5.01 Å². The molecule has 0 N–H and O–H groups in total. The summed E-state index contributed by atoms with van der Waals surface area (Å²) in [5.41, 5.74) is 0.437. The summed E-state index contributed by atoms with van der Waals surface area (Å²) in [5.74, 6) is -0.643. The molecular weight excluding hydrogens is 212 g/mol. The zero-order chi connectivity index (χ0) is 10.1. The van der Waals surface area contributed by atoms with Crippen LogP contribution in [0.2, 0.25) is 0 Å². The molecule has 0 saturated heterocycles. The molecule has 0 amide bonds. The van der Waals surface area contributed by atoms with Gasteiger partial charge in [-0.05, 0) is 6.92 Å². The zero-order valence-corrected chi connectivity index (χ0v) is 7.89. The molecule has 0 radical (unpaired) electrons. The predicted octanol–water partition coefficient (Wildman–Crippen LogP) is 2.44. The van der Waals surface area contributed by atoms with Gasteiger partial charge in [-0.25, -0.2) is 4.98 Å². The topological polar surface area (TPSA) is 51.8 Å². The molecule has 0 aliphatic heterocycles. The van der Waals surface area contributed by atoms with Crippen LogP contribution < -0.4 is 0 Å². The zero-order valence-electron chi connectivity index (χ0n) is 7.07. The Morgan fingerprint density at radius 3 is 2.71 bits per heavy atom. The Morgan fingerprint density at radius 2 is 2.21 bits per heavy atom. The van der Waals surface area contributed by atoms with Gasteiger partial charge < -0.3 is 4.42 Å². The molecule has 0 aliphatic carbocycles. The number of nitrogens with zero attached hydrogens (tertiary/aromatic N) is 3. The fraction of sp³-hybridized carbons (Fsp3) is 0.286. The monoisotopic (exact) mass is 217 g/mol. The van der Waals surface area contributed by atoms with E-state index in [1.807, 2.05) is 0 Å². The molecule has 0 atom stereocenters. The van der Waals surface area contributed by atoms with E-state index in [1.54, 1.807) is 12.3 Å². The van der Waals surface area contributed by atoms with Crippen LogP contribution >= 0.6 is 11.3 Å². The predicted molar refractivity (Wildman–Crippen MR) is 45.1 cm³/mol. The van der Waals surface area contributed by atoms with Crippen molar-refractivity contribution in [3.8, 4) is 11.6 Å². The van der Waals surface area contributed by atoms with Crippen LogP contribution in [0, 0.1) is 6.92 Å². The summed E-state index contributed by atoms with van der Waals surface area (Å²) in [7, 11) is 0. The van der Waals surface area contributed by atoms with Gasteiger partial charge in [0, 0.05) is 5.38 Å². The van der Waals surface area contributed by atoms with E-state index in [2.05, 4.69) is 15.2 Å². The largest absolute Gasteiger partial charge is 0.414 e. The first-order chi connectivity index (χ1) is 6.66. The third-order valence-corrected chi connectivity index (χ3v) is 2.24. The van der Waals surface area contributed by atoms with Crippen LogP contribution in [-0.4, -0.2) is 15.2 Å². The second-order valence-corrected chi connectivity index (χ2v) is 3.56. The van der Waals surface area contributed by atoms with E-state index in [0.717, 1.165) is 5.01 Å². The lowest BCUT2D eigenvalue weighted by Gasteiger charge is -1.87. The maximum atomic E-state index is 12.1. The second kappa shape index (κ2) is 3.41. The van der Waals surface area contributed by atoms with Crippen LogP contribution in [0.3, 0.4) is 0 Å². The number of alkyl halides is 2. The highest BCUT2D eigenvalue weighted by Gasteiger charge is 2.17. The van der Waals surface area contributed by atoms with Crippen molar-refractivity contribution in [2.45, 2.75) is 13.3 Å². The normalized spacial score (nSPS) is 11.1. The molecule has 7 heteroatoms. The average molecular weight is 217 g/mol. The van der Waals surface area contributed by atoms with Gasteiger partial charge >= 0.3 is 6.43 Å². The molecular formula is C7H5F2N3OS. The van der Waals surface area contributed by atoms with Crippen molar-refractivity contribution in [1.82, 2.24) is 15.2 Å². The third-order valence-electron chi connectivity index (χ3n) is 1.47. The molecule has 4 nitrogen and oxygen atoms in total. The van der Waals surface area contributed by atoms with Gasteiger partial charge in [-0.15, -0.1) is 21.5 Å². The Balaban J connectivity index is 2.33. The van der Waals surface area contributed by atoms with Crippen molar-refractivity contribution >= 4 is 11.3 Å². The highest BCUT2D eigenvalue weighted by atomic mass is 32.1. The first-order valence-corrected chi connectivity index (χ1v) is 4.59. The molecule has 14 heavy (non-hydrogen) atoms. The van der Waals surface area contributed by atoms with Crippen molar-refractivity contribution in [3.05, 3.63) is 16.3 Å². The minimum absolute atomic E-state index is 0.0321. The first kappa shape index (κ1) is 9.20. The van der Waals surface area contributed by atoms with E-state index in [1.165, 1.54) is 11.3 Å². The molecule has 2 rings (SSSR count). The molecule has 2 aromatic rings. The van der Waals surface area contributed by atoms with Gasteiger partial charge in [0.1, 0.15) is 5.69 Å². The highest BCUT2D eigenvalue weighted by molar-refractivity contribution is 7.09. The highest BCUT2D eigenvalue weighted by Crippen LogP contribution is 2.23. The van der Waals surface area contributed by atoms with E-state index in [-0.39, 0.29) is 5.89 Å². The number of aromatic nitrogens is 3. The lowest BCUT2D eigenvalue weighted by atomic mass is 10.5. The smallest absolute Gasteiger partial charge is 0.314 e. The van der Waals surface area contributed by atoms with E-state index in [0.29, 0.717) is 5.69 Å². The Kier molecular flexibility index (Phi) is 2.24. The summed E-state index contributed by atoms with van der Waals surface area (Å²) >= 11 is 1.39. The number of hydrogen-bond acceptors (Lipinski definition) is 5. The van der Waals surface area contributed by atoms with Crippen LogP contribution in [0.4, 0.5) is 8.78 Å². The van der Waals surface area contributed by atoms with Gasteiger partial charge in [0.25, 0.3) is 11.8 Å². The molecule has 0 bridgehead atoms. The SMILES string of the molecule is Cc1nc(-c2nnc(C(F)F)o2)cs1. The van der Waals surface area contributed by atoms with Crippen molar-refractivity contribution in [2.24, 2.45) is 0 Å². The maximum Gasteiger partial charge on any atom is 0.314 e. The minimum atomic E-state index is -2.74. The molecule has 0 unspecified atom stereocenters. The first-order valence-electron chi connectivity index (χ1n) is 3.71. The van der Waals surface area contributed by atoms with E-state index >= 15 is 0 Å². The van der Waals surface area contributed by atoms with E-state index in [9.17, 15) is 8.78 Å². The van der Waals surface area contributed by atoms with Crippen LogP contribution in [0.15, 0.2) is 9.80 Å². The Labute approximate surface area is 81.6 Å². The summed E-state index contributed by atoms with van der Waals surface area (Å²) in [6.07, 6.45) is -2.74. The van der Waals surface area contributed by atoms with Crippen LogP contribution in [0.1, 0.15) is 17.3 Å². The fourth-order valence-electron chi connectivity index (χ4n) is 0.888. The lowest BCUT2D eigenvalue weighted by Crippen LogP contribution is -1.81. The number of halogens is 2. The number of thiazole rings is 1. The molecule has 0 spiro atoms. The van der Waals surface area contributed by atoms with Crippen LogP contribution in [-0.2, 0) is 0 Å². The van der Waals surface area contributed by atoms with Crippen molar-refractivity contribution in [3.63, 3.8) is 0 Å². The van der Waals surface area contributed by atoms with E-state index in [4.69, 9.17) is 4.42 Å². The van der Waals surface area contributed by atoms with Crippen LogP contribution in [0.5, 0.6) is 0 Å². The molecule has 0 aromatic carbocycles. The fourth-order valence-corrected chi connectivity index (χ4v) is 1.47. The molecule has 0 saturated carbocycles. The summed E-state index contributed by atoms with van der Waals surface area (Å²) in [6, 6.07) is 0. The average Bonchev–Trinajstić information content (AvgIpc) is 2.70. The Morgan fingerprint density at radius 1 is 1.43 bits per heavy atom. The second-order valence-electron chi connectivity index (χ2n) is 2.50. The standard InChI is InChI=1S/C7H5F2N3OS/c1-3-10-4(2-14-3)6-11-12-7(13-6)5(8)9/h2,5H,1H3. The van der Waals surface area contributed by atoms with Crippen molar-refractivity contribution in [2.75, 3.05) is 0 Å². The quantitative estimate of drug-likeness (QED) is 0.775. The van der Waals surface area contributed by atoms with Crippen molar-refractivity contribution in [1.29, 1.82) is 0 Å². The molecule has 2 aromatic heterocycles. The number of rotatable bonds is 2. The van der Waals surface area contributed by atoms with Gasteiger partial charge in [-0.2, -0.15) is 8.78 Å². The summed E-state index contributed by atoms with van der Waals surface area (Å²) < 4.78 is 28.9. The number of aryl methyl sites for hydroxylation is 1. The molecule has 0 fully saturated rings. The Bertz CT molecular complexity index is 440. The van der Waals surface area contributed by atoms with Gasteiger partial charge in [0.2, 0.25) is 0 Å².